The second-order valence-corrected chi connectivity index (χ2v) is 6.81. The summed E-state index contributed by atoms with van der Waals surface area (Å²) in [5.74, 6) is 0.0421. The normalized spacial score (nSPS) is 40.3. The maximum Gasteiger partial charge on any atom is 0.243 e. The molecule has 0 bridgehead atoms. The van der Waals surface area contributed by atoms with E-state index in [0.717, 1.165) is 0 Å². The monoisotopic (exact) mass is 284 g/mol. The maximum absolute atomic E-state index is 12.8. The van der Waals surface area contributed by atoms with Crippen LogP contribution in [0.2, 0.25) is 0 Å². The summed E-state index contributed by atoms with van der Waals surface area (Å²) >= 11 is 0. The number of carbonyl (C=O) groups is 1. The molecule has 2 aliphatic rings. The predicted octanol–water partition coefficient (Wildman–Crippen LogP) is 1.15. The molecule has 116 valence electrons. The number of amides is 1. The Hall–Kier alpha value is -0.650. The molecule has 1 saturated carbocycles. The smallest absolute Gasteiger partial charge is 0.243 e. The number of hydrogen-bond acceptors (Lipinski definition) is 4. The van der Waals surface area contributed by atoms with Gasteiger partial charge in [-0.1, -0.05) is 13.8 Å². The number of rotatable bonds is 3. The molecule has 2 N–H and O–H groups in total. The zero-order valence-electron chi connectivity index (χ0n) is 13.3. The summed E-state index contributed by atoms with van der Waals surface area (Å²) in [5.41, 5.74) is 5.31. The molecule has 2 fully saturated rings. The molecule has 1 saturated heterocycles. The van der Waals surface area contributed by atoms with Gasteiger partial charge in [-0.05, 0) is 20.8 Å². The van der Waals surface area contributed by atoms with Crippen LogP contribution in [0.15, 0.2) is 0 Å². The molecular formula is C15H28N2O3. The molecule has 2 unspecified atom stereocenters. The summed E-state index contributed by atoms with van der Waals surface area (Å²) in [6, 6.07) is 0. The number of morpholine rings is 1. The van der Waals surface area contributed by atoms with Gasteiger partial charge in [-0.25, -0.2) is 0 Å². The minimum Gasteiger partial charge on any atom is -0.378 e. The van der Waals surface area contributed by atoms with E-state index >= 15 is 0 Å². The molecule has 0 radical (unpaired) electrons. The molecule has 5 heteroatoms. The van der Waals surface area contributed by atoms with Crippen molar-refractivity contribution in [3.05, 3.63) is 0 Å². The topological polar surface area (TPSA) is 64.8 Å². The van der Waals surface area contributed by atoms with Crippen molar-refractivity contribution in [2.75, 3.05) is 19.7 Å². The molecule has 20 heavy (non-hydrogen) atoms. The Bertz CT molecular complexity index is 375. The van der Waals surface area contributed by atoms with E-state index in [1.54, 1.807) is 0 Å². The SMILES string of the molecule is CCOC1CC(N)(C(=O)N2C[C@@H](C)O[C@@H](C)C2)C1(C)C. The molecule has 0 spiro atoms. The average Bonchev–Trinajstić information content (AvgIpc) is 2.36. The zero-order chi connectivity index (χ0) is 15.1. The predicted molar refractivity (Wildman–Crippen MR) is 77.3 cm³/mol. The minimum absolute atomic E-state index is 0.0421. The molecule has 0 aromatic carbocycles. The van der Waals surface area contributed by atoms with Gasteiger partial charge in [0, 0.05) is 31.5 Å². The lowest BCUT2D eigenvalue weighted by atomic mass is 9.54. The first-order valence-electron chi connectivity index (χ1n) is 7.57. The van der Waals surface area contributed by atoms with Crippen LogP contribution in [0.5, 0.6) is 0 Å². The van der Waals surface area contributed by atoms with Crippen molar-refractivity contribution in [2.24, 2.45) is 11.1 Å². The standard InChI is InChI=1S/C15H28N2O3/c1-6-19-12-7-15(16,14(12,4)5)13(18)17-8-10(2)20-11(3)9-17/h10-12H,6-9,16H2,1-5H3/t10-,11+,12?,15?. The zero-order valence-corrected chi connectivity index (χ0v) is 13.3. The van der Waals surface area contributed by atoms with Crippen LogP contribution in [-0.2, 0) is 14.3 Å². The average molecular weight is 284 g/mol. The third-order valence-corrected chi connectivity index (χ3v) is 4.92. The lowest BCUT2D eigenvalue weighted by Gasteiger charge is -2.59. The fourth-order valence-electron chi connectivity index (χ4n) is 3.42. The second-order valence-electron chi connectivity index (χ2n) is 6.81. The molecule has 5 nitrogen and oxygen atoms in total. The highest BCUT2D eigenvalue weighted by Crippen LogP contribution is 2.50. The Kier molecular flexibility index (Phi) is 4.15. The Labute approximate surface area is 121 Å². The van der Waals surface area contributed by atoms with E-state index in [-0.39, 0.29) is 29.6 Å². The van der Waals surface area contributed by atoms with Gasteiger partial charge in [-0.3, -0.25) is 4.79 Å². The van der Waals surface area contributed by atoms with E-state index in [9.17, 15) is 4.79 Å². The van der Waals surface area contributed by atoms with Crippen molar-refractivity contribution in [1.82, 2.24) is 4.90 Å². The van der Waals surface area contributed by atoms with Crippen LogP contribution in [0.1, 0.15) is 41.0 Å². The Morgan fingerprint density at radius 1 is 1.35 bits per heavy atom. The fourth-order valence-corrected chi connectivity index (χ4v) is 3.42. The summed E-state index contributed by atoms with van der Waals surface area (Å²) in [5, 5.41) is 0. The van der Waals surface area contributed by atoms with E-state index < -0.39 is 5.54 Å². The van der Waals surface area contributed by atoms with Crippen molar-refractivity contribution in [3.63, 3.8) is 0 Å². The third-order valence-electron chi connectivity index (χ3n) is 4.92. The molecule has 1 heterocycles. The molecule has 1 aliphatic heterocycles. The van der Waals surface area contributed by atoms with Gasteiger partial charge in [0.25, 0.3) is 0 Å². The molecule has 1 amide bonds. The van der Waals surface area contributed by atoms with Gasteiger partial charge < -0.3 is 20.1 Å². The van der Waals surface area contributed by atoms with Gasteiger partial charge in [0.15, 0.2) is 0 Å². The Morgan fingerprint density at radius 2 is 1.90 bits per heavy atom. The summed E-state index contributed by atoms with van der Waals surface area (Å²) in [4.78, 5) is 14.7. The molecule has 1 aliphatic carbocycles. The van der Waals surface area contributed by atoms with Gasteiger partial charge in [0.05, 0.1) is 18.3 Å². The van der Waals surface area contributed by atoms with Crippen LogP contribution in [0.25, 0.3) is 0 Å². The van der Waals surface area contributed by atoms with Gasteiger partial charge in [0.1, 0.15) is 5.54 Å². The van der Waals surface area contributed by atoms with Gasteiger partial charge in [-0.2, -0.15) is 0 Å². The maximum atomic E-state index is 12.8. The quantitative estimate of drug-likeness (QED) is 0.844. The van der Waals surface area contributed by atoms with Crippen molar-refractivity contribution >= 4 is 5.91 Å². The van der Waals surface area contributed by atoms with E-state index in [4.69, 9.17) is 15.2 Å². The highest BCUT2D eigenvalue weighted by Gasteiger charge is 2.63. The van der Waals surface area contributed by atoms with Crippen molar-refractivity contribution in [1.29, 1.82) is 0 Å². The van der Waals surface area contributed by atoms with Crippen LogP contribution < -0.4 is 5.73 Å². The third kappa shape index (κ3) is 2.36. The lowest BCUT2D eigenvalue weighted by Crippen LogP contribution is -2.76. The second kappa shape index (κ2) is 5.28. The summed E-state index contributed by atoms with van der Waals surface area (Å²) in [7, 11) is 0. The fraction of sp³-hybridized carbons (Fsp3) is 0.933. The number of ether oxygens (including phenoxy) is 2. The molecule has 0 aromatic heterocycles. The number of nitrogens with zero attached hydrogens (tertiary/aromatic N) is 1. The number of carbonyl (C=O) groups excluding carboxylic acids is 1. The first-order valence-corrected chi connectivity index (χ1v) is 7.57. The van der Waals surface area contributed by atoms with Crippen LogP contribution >= 0.6 is 0 Å². The van der Waals surface area contributed by atoms with Crippen molar-refractivity contribution < 1.29 is 14.3 Å². The lowest BCUT2D eigenvalue weighted by molar-refractivity contribution is -0.186. The first-order chi connectivity index (χ1) is 9.22. The van der Waals surface area contributed by atoms with E-state index in [1.165, 1.54) is 0 Å². The number of hydrogen-bond donors (Lipinski definition) is 1. The van der Waals surface area contributed by atoms with Crippen molar-refractivity contribution in [3.8, 4) is 0 Å². The molecular weight excluding hydrogens is 256 g/mol. The van der Waals surface area contributed by atoms with Crippen molar-refractivity contribution in [2.45, 2.75) is 64.9 Å². The Balaban J connectivity index is 2.09. The van der Waals surface area contributed by atoms with E-state index in [1.807, 2.05) is 39.5 Å². The first kappa shape index (κ1) is 15.7. The van der Waals surface area contributed by atoms with Gasteiger partial charge >= 0.3 is 0 Å². The van der Waals surface area contributed by atoms with Crippen LogP contribution in [0.4, 0.5) is 0 Å². The minimum atomic E-state index is -0.816. The molecule has 0 aromatic rings. The van der Waals surface area contributed by atoms with E-state index in [0.29, 0.717) is 26.1 Å². The molecule has 4 atom stereocenters. The van der Waals surface area contributed by atoms with Crippen LogP contribution in [-0.4, -0.2) is 54.4 Å². The summed E-state index contributed by atoms with van der Waals surface area (Å²) in [6.45, 7) is 11.9. The van der Waals surface area contributed by atoms with E-state index in [2.05, 4.69) is 0 Å². The Morgan fingerprint density at radius 3 is 2.35 bits per heavy atom. The van der Waals surface area contributed by atoms with Crippen LogP contribution in [0.3, 0.4) is 0 Å². The largest absolute Gasteiger partial charge is 0.378 e. The highest BCUT2D eigenvalue weighted by atomic mass is 16.5. The highest BCUT2D eigenvalue weighted by molar-refractivity contribution is 5.89. The summed E-state index contributed by atoms with van der Waals surface area (Å²) < 4.78 is 11.4. The molecule has 2 rings (SSSR count). The van der Waals surface area contributed by atoms with Crippen LogP contribution in [0, 0.1) is 5.41 Å². The van der Waals surface area contributed by atoms with Gasteiger partial charge in [-0.15, -0.1) is 0 Å². The summed E-state index contributed by atoms with van der Waals surface area (Å²) in [6.07, 6.45) is 0.805. The number of nitrogens with two attached hydrogens (primary N) is 1. The van der Waals surface area contributed by atoms with Gasteiger partial charge in [0.2, 0.25) is 5.91 Å².